The number of carbonyl (C=O) groups excluding carboxylic acids is 1. The Bertz CT molecular complexity index is 729. The predicted octanol–water partition coefficient (Wildman–Crippen LogP) is 2.70. The predicted molar refractivity (Wildman–Crippen MR) is 76.1 cm³/mol. The number of aromatic carboxylic acids is 1. The van der Waals surface area contributed by atoms with Crippen molar-refractivity contribution >= 4 is 29.2 Å². The second-order valence-electron chi connectivity index (χ2n) is 4.15. The molecular formula is C14H10ClNO5. The zero-order valence-corrected chi connectivity index (χ0v) is 11.3. The van der Waals surface area contributed by atoms with Gasteiger partial charge in [0.1, 0.15) is 11.5 Å². The standard InChI is InChI=1S/C14H10ClNO5/c15-7-1-3-9(12(18)5-7)13(19)16-11-4-2-8(17)6-10(11)14(20)21/h1-6,17-18H,(H,16,19)(H,20,21). The van der Waals surface area contributed by atoms with E-state index in [1.165, 1.54) is 30.3 Å². The summed E-state index contributed by atoms with van der Waals surface area (Å²) in [5.74, 6) is -2.56. The molecule has 0 heterocycles. The van der Waals surface area contributed by atoms with Crippen molar-refractivity contribution in [2.75, 3.05) is 5.32 Å². The molecule has 2 aromatic rings. The third kappa shape index (κ3) is 3.24. The van der Waals surface area contributed by atoms with Gasteiger partial charge < -0.3 is 20.6 Å². The molecule has 0 unspecified atom stereocenters. The van der Waals surface area contributed by atoms with Crippen LogP contribution in [0.15, 0.2) is 36.4 Å². The van der Waals surface area contributed by atoms with Gasteiger partial charge in [0.15, 0.2) is 0 Å². The molecule has 1 amide bonds. The van der Waals surface area contributed by atoms with E-state index in [9.17, 15) is 19.8 Å². The van der Waals surface area contributed by atoms with Gasteiger partial charge in [-0.3, -0.25) is 4.79 Å². The normalized spacial score (nSPS) is 10.1. The number of halogens is 1. The average molecular weight is 308 g/mol. The van der Waals surface area contributed by atoms with Crippen LogP contribution in [0.3, 0.4) is 0 Å². The van der Waals surface area contributed by atoms with E-state index in [0.717, 1.165) is 6.07 Å². The summed E-state index contributed by atoms with van der Waals surface area (Å²) < 4.78 is 0. The van der Waals surface area contributed by atoms with Crippen LogP contribution in [0.2, 0.25) is 5.02 Å². The van der Waals surface area contributed by atoms with Crippen LogP contribution in [0.4, 0.5) is 5.69 Å². The number of phenols is 2. The maximum absolute atomic E-state index is 12.0. The van der Waals surface area contributed by atoms with Gasteiger partial charge in [0.2, 0.25) is 0 Å². The number of phenolic OH excluding ortho intramolecular Hbond substituents is 2. The Morgan fingerprint density at radius 2 is 1.71 bits per heavy atom. The molecule has 0 saturated carbocycles. The van der Waals surface area contributed by atoms with E-state index in [2.05, 4.69) is 5.32 Å². The number of aromatic hydroxyl groups is 2. The van der Waals surface area contributed by atoms with Crippen LogP contribution < -0.4 is 5.32 Å². The molecule has 2 aromatic carbocycles. The van der Waals surface area contributed by atoms with Crippen molar-refractivity contribution in [3.63, 3.8) is 0 Å². The van der Waals surface area contributed by atoms with Gasteiger partial charge in [-0.25, -0.2) is 4.79 Å². The lowest BCUT2D eigenvalue weighted by atomic mass is 10.1. The molecule has 0 fully saturated rings. The lowest BCUT2D eigenvalue weighted by Gasteiger charge is -2.10. The highest BCUT2D eigenvalue weighted by molar-refractivity contribution is 6.31. The first kappa shape index (κ1) is 14.7. The van der Waals surface area contributed by atoms with E-state index in [1.807, 2.05) is 0 Å². The molecule has 2 rings (SSSR count). The minimum Gasteiger partial charge on any atom is -0.508 e. The Labute approximate surface area is 124 Å². The van der Waals surface area contributed by atoms with Crippen LogP contribution in [-0.2, 0) is 0 Å². The van der Waals surface area contributed by atoms with E-state index >= 15 is 0 Å². The summed E-state index contributed by atoms with van der Waals surface area (Å²) in [4.78, 5) is 23.1. The molecule has 0 aromatic heterocycles. The Hall–Kier alpha value is -2.73. The van der Waals surface area contributed by atoms with Gasteiger partial charge in [0.25, 0.3) is 5.91 Å². The molecule has 0 atom stereocenters. The van der Waals surface area contributed by atoms with Crippen molar-refractivity contribution in [2.24, 2.45) is 0 Å². The number of anilines is 1. The van der Waals surface area contributed by atoms with Gasteiger partial charge in [0.05, 0.1) is 16.8 Å². The zero-order chi connectivity index (χ0) is 15.6. The molecule has 6 nitrogen and oxygen atoms in total. The summed E-state index contributed by atoms with van der Waals surface area (Å²) in [5, 5.41) is 30.6. The van der Waals surface area contributed by atoms with Crippen molar-refractivity contribution in [2.45, 2.75) is 0 Å². The van der Waals surface area contributed by atoms with Gasteiger partial charge in [-0.15, -0.1) is 0 Å². The fourth-order valence-electron chi connectivity index (χ4n) is 1.70. The topological polar surface area (TPSA) is 107 Å². The minimum atomic E-state index is -1.30. The maximum atomic E-state index is 12.0. The molecule has 0 aliphatic rings. The van der Waals surface area contributed by atoms with Crippen LogP contribution in [0, 0.1) is 0 Å². The van der Waals surface area contributed by atoms with Gasteiger partial charge >= 0.3 is 5.97 Å². The van der Waals surface area contributed by atoms with Crippen molar-refractivity contribution in [1.82, 2.24) is 0 Å². The van der Waals surface area contributed by atoms with Crippen molar-refractivity contribution in [1.29, 1.82) is 0 Å². The number of amides is 1. The lowest BCUT2D eigenvalue weighted by Crippen LogP contribution is -2.15. The molecule has 0 aliphatic carbocycles. The molecule has 0 aliphatic heterocycles. The fourth-order valence-corrected chi connectivity index (χ4v) is 1.87. The van der Waals surface area contributed by atoms with Crippen molar-refractivity contribution < 1.29 is 24.9 Å². The van der Waals surface area contributed by atoms with Crippen LogP contribution in [-0.4, -0.2) is 27.2 Å². The first-order valence-electron chi connectivity index (χ1n) is 5.74. The van der Waals surface area contributed by atoms with E-state index in [0.29, 0.717) is 0 Å². The Balaban J connectivity index is 2.34. The highest BCUT2D eigenvalue weighted by atomic mass is 35.5. The van der Waals surface area contributed by atoms with Crippen molar-refractivity contribution in [3.8, 4) is 11.5 Å². The Morgan fingerprint density at radius 3 is 2.33 bits per heavy atom. The number of benzene rings is 2. The van der Waals surface area contributed by atoms with E-state index in [-0.39, 0.29) is 33.3 Å². The van der Waals surface area contributed by atoms with Gasteiger partial charge in [-0.05, 0) is 36.4 Å². The fraction of sp³-hybridized carbons (Fsp3) is 0. The van der Waals surface area contributed by atoms with Crippen LogP contribution in [0.25, 0.3) is 0 Å². The Morgan fingerprint density at radius 1 is 1.00 bits per heavy atom. The monoisotopic (exact) mass is 307 g/mol. The summed E-state index contributed by atoms with van der Waals surface area (Å²) >= 11 is 5.67. The number of carboxylic acid groups (broad SMARTS) is 1. The number of rotatable bonds is 3. The highest BCUT2D eigenvalue weighted by Gasteiger charge is 2.16. The largest absolute Gasteiger partial charge is 0.508 e. The molecular weight excluding hydrogens is 298 g/mol. The summed E-state index contributed by atoms with van der Waals surface area (Å²) in [6.07, 6.45) is 0. The van der Waals surface area contributed by atoms with E-state index in [1.54, 1.807) is 0 Å². The number of hydrogen-bond acceptors (Lipinski definition) is 4. The third-order valence-corrected chi connectivity index (χ3v) is 2.92. The molecule has 108 valence electrons. The van der Waals surface area contributed by atoms with Crippen LogP contribution in [0.5, 0.6) is 11.5 Å². The number of carbonyl (C=O) groups is 2. The molecule has 4 N–H and O–H groups in total. The van der Waals surface area contributed by atoms with E-state index in [4.69, 9.17) is 16.7 Å². The van der Waals surface area contributed by atoms with Gasteiger partial charge in [-0.1, -0.05) is 11.6 Å². The molecule has 0 radical (unpaired) electrons. The zero-order valence-electron chi connectivity index (χ0n) is 10.5. The smallest absolute Gasteiger partial charge is 0.337 e. The summed E-state index contributed by atoms with van der Waals surface area (Å²) in [7, 11) is 0. The second-order valence-corrected chi connectivity index (χ2v) is 4.59. The molecule has 21 heavy (non-hydrogen) atoms. The summed E-state index contributed by atoms with van der Waals surface area (Å²) in [6.45, 7) is 0. The first-order valence-corrected chi connectivity index (χ1v) is 6.12. The van der Waals surface area contributed by atoms with Gasteiger partial charge in [-0.2, -0.15) is 0 Å². The van der Waals surface area contributed by atoms with Crippen LogP contribution in [0.1, 0.15) is 20.7 Å². The minimum absolute atomic E-state index is 0.000324. The van der Waals surface area contributed by atoms with E-state index < -0.39 is 11.9 Å². The first-order chi connectivity index (χ1) is 9.88. The second kappa shape index (κ2) is 5.72. The van der Waals surface area contributed by atoms with Gasteiger partial charge in [0, 0.05) is 5.02 Å². The molecule has 0 saturated heterocycles. The number of nitrogens with one attached hydrogen (secondary N) is 1. The lowest BCUT2D eigenvalue weighted by molar-refractivity contribution is 0.0697. The maximum Gasteiger partial charge on any atom is 0.337 e. The van der Waals surface area contributed by atoms with Crippen molar-refractivity contribution in [3.05, 3.63) is 52.5 Å². The average Bonchev–Trinajstić information content (AvgIpc) is 2.40. The summed E-state index contributed by atoms with van der Waals surface area (Å²) in [5.41, 5.74) is -0.319. The third-order valence-electron chi connectivity index (χ3n) is 2.69. The summed E-state index contributed by atoms with van der Waals surface area (Å²) in [6, 6.07) is 7.44. The van der Waals surface area contributed by atoms with Crippen LogP contribution >= 0.6 is 11.6 Å². The molecule has 0 bridgehead atoms. The molecule has 0 spiro atoms. The quantitative estimate of drug-likeness (QED) is 0.652. The highest BCUT2D eigenvalue weighted by Crippen LogP contribution is 2.25. The number of hydrogen-bond donors (Lipinski definition) is 4. The Kier molecular flexibility index (Phi) is 4.00. The number of carboxylic acids is 1. The SMILES string of the molecule is O=C(Nc1ccc(O)cc1C(=O)O)c1ccc(Cl)cc1O. The molecule has 7 heteroatoms.